The molecule has 3 aliphatic heterocycles. The molecule has 0 amide bonds. The maximum absolute atomic E-state index is 5.91. The van der Waals surface area contributed by atoms with Crippen molar-refractivity contribution >= 4 is 0 Å². The van der Waals surface area contributed by atoms with Crippen molar-refractivity contribution in [2.24, 2.45) is 5.92 Å². The first-order valence-corrected chi connectivity index (χ1v) is 5.41. The highest BCUT2D eigenvalue weighted by Gasteiger charge is 2.60. The number of rotatable bonds is 1. The number of nitrogens with one attached hydrogen (secondary N) is 1. The van der Waals surface area contributed by atoms with Crippen molar-refractivity contribution in [3.05, 3.63) is 0 Å². The molecule has 3 aliphatic rings. The number of fused-ring (bicyclic) bond motifs is 2. The van der Waals surface area contributed by atoms with Gasteiger partial charge in [-0.25, -0.2) is 0 Å². The van der Waals surface area contributed by atoms with Crippen molar-refractivity contribution in [2.45, 2.75) is 31.3 Å². The second-order valence-electron chi connectivity index (χ2n) is 4.76. The van der Waals surface area contributed by atoms with E-state index in [1.54, 1.807) is 0 Å². The Hall–Kier alpha value is -0.160. The molecule has 0 atom stereocenters. The molecule has 0 saturated carbocycles. The van der Waals surface area contributed by atoms with Crippen LogP contribution in [0.5, 0.6) is 0 Å². The van der Waals surface area contributed by atoms with Crippen molar-refractivity contribution < 1.29 is 14.2 Å². The number of piperidine rings is 1. The molecule has 80 valence electrons. The molecule has 0 spiro atoms. The number of ether oxygens (including phenoxy) is 3. The maximum Gasteiger partial charge on any atom is 0.286 e. The Balaban J connectivity index is 1.77. The molecule has 2 bridgehead atoms. The van der Waals surface area contributed by atoms with E-state index in [2.05, 4.69) is 12.2 Å². The molecule has 0 aromatic rings. The quantitative estimate of drug-likeness (QED) is 0.666. The SMILES string of the molecule is CC12COC(C3CCNCC3)(OC1)O2. The molecule has 3 fully saturated rings. The molecule has 0 radical (unpaired) electrons. The molecule has 0 aromatic heterocycles. The summed E-state index contributed by atoms with van der Waals surface area (Å²) in [5, 5.41) is 3.34. The lowest BCUT2D eigenvalue weighted by atomic mass is 9.95. The van der Waals surface area contributed by atoms with E-state index < -0.39 is 5.97 Å². The Labute approximate surface area is 83.9 Å². The van der Waals surface area contributed by atoms with E-state index in [-0.39, 0.29) is 5.60 Å². The second-order valence-corrected chi connectivity index (χ2v) is 4.76. The van der Waals surface area contributed by atoms with Crippen molar-refractivity contribution in [2.75, 3.05) is 26.3 Å². The van der Waals surface area contributed by atoms with Gasteiger partial charge in [-0.1, -0.05) is 0 Å². The van der Waals surface area contributed by atoms with Crippen LogP contribution in [0.3, 0.4) is 0 Å². The monoisotopic (exact) mass is 199 g/mol. The Bertz CT molecular complexity index is 230. The fourth-order valence-electron chi connectivity index (χ4n) is 2.55. The summed E-state index contributed by atoms with van der Waals surface area (Å²) in [6.45, 7) is 5.50. The minimum Gasteiger partial charge on any atom is -0.324 e. The average molecular weight is 199 g/mol. The largest absolute Gasteiger partial charge is 0.324 e. The molecule has 3 heterocycles. The topological polar surface area (TPSA) is 39.7 Å². The van der Waals surface area contributed by atoms with Gasteiger partial charge in [-0.3, -0.25) is 0 Å². The van der Waals surface area contributed by atoms with Gasteiger partial charge in [-0.05, 0) is 32.9 Å². The van der Waals surface area contributed by atoms with Crippen LogP contribution in [0.25, 0.3) is 0 Å². The summed E-state index contributed by atoms with van der Waals surface area (Å²) in [7, 11) is 0. The van der Waals surface area contributed by atoms with Gasteiger partial charge in [0.2, 0.25) is 0 Å². The van der Waals surface area contributed by atoms with Crippen LogP contribution in [0.1, 0.15) is 19.8 Å². The predicted octanol–water partition coefficient (Wildman–Crippen LogP) is 0.475. The smallest absolute Gasteiger partial charge is 0.286 e. The van der Waals surface area contributed by atoms with E-state index in [1.807, 2.05) is 0 Å². The lowest BCUT2D eigenvalue weighted by Gasteiger charge is -2.34. The fraction of sp³-hybridized carbons (Fsp3) is 1.00. The third-order valence-corrected chi connectivity index (χ3v) is 3.39. The zero-order valence-electron chi connectivity index (χ0n) is 8.54. The number of hydrogen-bond donors (Lipinski definition) is 1. The Kier molecular flexibility index (Phi) is 1.89. The van der Waals surface area contributed by atoms with Gasteiger partial charge in [-0.15, -0.1) is 0 Å². The van der Waals surface area contributed by atoms with Crippen LogP contribution in [-0.2, 0) is 14.2 Å². The van der Waals surface area contributed by atoms with Crippen LogP contribution in [0, 0.1) is 5.92 Å². The van der Waals surface area contributed by atoms with Gasteiger partial charge in [0.1, 0.15) is 5.60 Å². The van der Waals surface area contributed by atoms with Crippen LogP contribution in [0.15, 0.2) is 0 Å². The van der Waals surface area contributed by atoms with E-state index >= 15 is 0 Å². The molecule has 4 heteroatoms. The van der Waals surface area contributed by atoms with Crippen LogP contribution < -0.4 is 5.32 Å². The minimum atomic E-state index is -0.698. The molecule has 3 rings (SSSR count). The van der Waals surface area contributed by atoms with Crippen LogP contribution in [-0.4, -0.2) is 37.9 Å². The lowest BCUT2D eigenvalue weighted by molar-refractivity contribution is -0.331. The van der Waals surface area contributed by atoms with Crippen LogP contribution in [0.4, 0.5) is 0 Å². The number of hydrogen-bond acceptors (Lipinski definition) is 4. The predicted molar refractivity (Wildman–Crippen MR) is 49.7 cm³/mol. The molecular weight excluding hydrogens is 182 g/mol. The summed E-state index contributed by atoms with van der Waals surface area (Å²) >= 11 is 0. The van der Waals surface area contributed by atoms with Gasteiger partial charge in [0.25, 0.3) is 5.97 Å². The van der Waals surface area contributed by atoms with E-state index in [9.17, 15) is 0 Å². The highest BCUT2D eigenvalue weighted by atomic mass is 16.9. The Morgan fingerprint density at radius 1 is 1.14 bits per heavy atom. The summed E-state index contributed by atoms with van der Waals surface area (Å²) in [4.78, 5) is 0. The van der Waals surface area contributed by atoms with Gasteiger partial charge in [0, 0.05) is 5.92 Å². The average Bonchev–Trinajstić information content (AvgIpc) is 2.74. The summed E-state index contributed by atoms with van der Waals surface area (Å²) in [5.74, 6) is -0.301. The molecule has 0 unspecified atom stereocenters. The third-order valence-electron chi connectivity index (χ3n) is 3.39. The van der Waals surface area contributed by atoms with Crippen molar-refractivity contribution in [3.63, 3.8) is 0 Å². The van der Waals surface area contributed by atoms with E-state index in [4.69, 9.17) is 14.2 Å². The Morgan fingerprint density at radius 2 is 1.79 bits per heavy atom. The molecule has 4 nitrogen and oxygen atoms in total. The van der Waals surface area contributed by atoms with E-state index in [0.29, 0.717) is 19.1 Å². The molecule has 14 heavy (non-hydrogen) atoms. The van der Waals surface area contributed by atoms with E-state index in [1.165, 1.54) is 0 Å². The lowest BCUT2D eigenvalue weighted by Crippen LogP contribution is -2.45. The highest BCUT2D eigenvalue weighted by Crippen LogP contribution is 2.46. The second kappa shape index (κ2) is 2.92. The fourth-order valence-corrected chi connectivity index (χ4v) is 2.55. The van der Waals surface area contributed by atoms with Crippen molar-refractivity contribution in [1.82, 2.24) is 5.32 Å². The van der Waals surface area contributed by atoms with Crippen molar-refractivity contribution in [1.29, 1.82) is 0 Å². The first kappa shape index (κ1) is 9.09. The molecule has 0 aromatic carbocycles. The summed E-state index contributed by atoms with van der Waals surface area (Å²) in [6, 6.07) is 0. The van der Waals surface area contributed by atoms with Gasteiger partial charge in [0.05, 0.1) is 13.2 Å². The van der Waals surface area contributed by atoms with Crippen molar-refractivity contribution in [3.8, 4) is 0 Å². The van der Waals surface area contributed by atoms with Gasteiger partial charge >= 0.3 is 0 Å². The minimum absolute atomic E-state index is 0.190. The zero-order chi connectivity index (χ0) is 9.65. The first-order valence-electron chi connectivity index (χ1n) is 5.41. The summed E-state index contributed by atoms with van der Waals surface area (Å²) in [6.07, 6.45) is 2.16. The van der Waals surface area contributed by atoms with Gasteiger partial charge < -0.3 is 19.5 Å². The molecule has 3 saturated heterocycles. The molecule has 0 aliphatic carbocycles. The zero-order valence-corrected chi connectivity index (χ0v) is 8.54. The summed E-state index contributed by atoms with van der Waals surface area (Å²) in [5.41, 5.74) is -0.190. The van der Waals surface area contributed by atoms with Crippen LogP contribution in [0.2, 0.25) is 0 Å². The normalized spacial score (nSPS) is 48.6. The maximum atomic E-state index is 5.91. The molecule has 1 N–H and O–H groups in total. The first-order chi connectivity index (χ1) is 6.73. The Morgan fingerprint density at radius 3 is 2.29 bits per heavy atom. The van der Waals surface area contributed by atoms with E-state index in [0.717, 1.165) is 25.9 Å². The highest BCUT2D eigenvalue weighted by molar-refractivity contribution is 4.93. The molecular formula is C10H17NO3. The summed E-state index contributed by atoms with van der Waals surface area (Å²) < 4.78 is 17.3. The third kappa shape index (κ3) is 1.21. The van der Waals surface area contributed by atoms with Gasteiger partial charge in [0.15, 0.2) is 0 Å². The van der Waals surface area contributed by atoms with Gasteiger partial charge in [-0.2, -0.15) is 0 Å². The van der Waals surface area contributed by atoms with Crippen LogP contribution >= 0.6 is 0 Å². The standard InChI is InChI=1S/C10H17NO3/c1-9-6-12-10(14-9,13-7-9)8-2-4-11-5-3-8/h8,11H,2-7H2,1H3.